The van der Waals surface area contributed by atoms with E-state index in [0.29, 0.717) is 5.69 Å². The van der Waals surface area contributed by atoms with Gasteiger partial charge in [-0.05, 0) is 49.4 Å². The van der Waals surface area contributed by atoms with Crippen LogP contribution in [0.5, 0.6) is 0 Å². The SMILES string of the molecule is C#CCCCn1c(C)c(C)c2cc(C#N)nc(N3CCc4ccccc4C3)c21. The van der Waals surface area contributed by atoms with Crippen molar-refractivity contribution in [1.29, 1.82) is 5.26 Å². The van der Waals surface area contributed by atoms with E-state index in [-0.39, 0.29) is 0 Å². The van der Waals surface area contributed by atoms with Crippen molar-refractivity contribution in [3.8, 4) is 18.4 Å². The molecule has 0 spiro atoms. The lowest BCUT2D eigenvalue weighted by Gasteiger charge is -2.30. The molecule has 0 atom stereocenters. The lowest BCUT2D eigenvalue weighted by molar-refractivity contribution is 0.655. The van der Waals surface area contributed by atoms with Gasteiger partial charge in [0, 0.05) is 37.1 Å². The molecule has 1 aromatic carbocycles. The molecular weight excluding hydrogens is 344 g/mol. The van der Waals surface area contributed by atoms with Crippen molar-refractivity contribution >= 4 is 16.7 Å². The van der Waals surface area contributed by atoms with E-state index in [1.54, 1.807) is 0 Å². The van der Waals surface area contributed by atoms with Gasteiger partial charge in [0.15, 0.2) is 5.82 Å². The highest BCUT2D eigenvalue weighted by Crippen LogP contribution is 2.35. The first-order valence-corrected chi connectivity index (χ1v) is 9.79. The molecule has 28 heavy (non-hydrogen) atoms. The molecule has 4 heteroatoms. The summed E-state index contributed by atoms with van der Waals surface area (Å²) >= 11 is 0. The summed E-state index contributed by atoms with van der Waals surface area (Å²) in [5.74, 6) is 3.65. The second-order valence-electron chi connectivity index (χ2n) is 7.45. The summed E-state index contributed by atoms with van der Waals surface area (Å²) in [5, 5.41) is 10.7. The first-order chi connectivity index (χ1) is 13.6. The van der Waals surface area contributed by atoms with Crippen molar-refractivity contribution in [1.82, 2.24) is 9.55 Å². The van der Waals surface area contributed by atoms with E-state index >= 15 is 0 Å². The molecule has 0 amide bonds. The summed E-state index contributed by atoms with van der Waals surface area (Å²) in [7, 11) is 0. The smallest absolute Gasteiger partial charge is 0.155 e. The maximum absolute atomic E-state index is 9.56. The van der Waals surface area contributed by atoms with Crippen LogP contribution in [-0.2, 0) is 19.5 Å². The van der Waals surface area contributed by atoms with Gasteiger partial charge in [0.25, 0.3) is 0 Å². The standard InChI is InChI=1S/C24H24N4/c1-4-5-8-12-28-18(3)17(2)22-14-21(15-25)26-24(23(22)28)27-13-11-19-9-6-7-10-20(19)16-27/h1,6-7,9-10,14H,5,8,11-13,16H2,2-3H3. The molecule has 0 aliphatic carbocycles. The Bertz CT molecular complexity index is 1120. The molecule has 3 heterocycles. The number of pyridine rings is 1. The number of rotatable bonds is 4. The minimum atomic E-state index is 0.477. The van der Waals surface area contributed by atoms with Crippen LogP contribution in [0.2, 0.25) is 0 Å². The second-order valence-corrected chi connectivity index (χ2v) is 7.45. The fourth-order valence-electron chi connectivity index (χ4n) is 4.21. The van der Waals surface area contributed by atoms with Crippen LogP contribution in [0.25, 0.3) is 10.9 Å². The maximum atomic E-state index is 9.56. The van der Waals surface area contributed by atoms with Crippen LogP contribution in [-0.4, -0.2) is 16.1 Å². The maximum Gasteiger partial charge on any atom is 0.155 e. The van der Waals surface area contributed by atoms with Crippen LogP contribution in [0.1, 0.15) is 40.9 Å². The molecule has 0 N–H and O–H groups in total. The van der Waals surface area contributed by atoms with Crippen molar-refractivity contribution in [3.05, 3.63) is 58.4 Å². The van der Waals surface area contributed by atoms with Crippen molar-refractivity contribution in [2.45, 2.75) is 46.2 Å². The van der Waals surface area contributed by atoms with Crippen molar-refractivity contribution in [2.24, 2.45) is 0 Å². The Balaban J connectivity index is 1.86. The van der Waals surface area contributed by atoms with Crippen LogP contribution in [0.4, 0.5) is 5.82 Å². The van der Waals surface area contributed by atoms with Gasteiger partial charge in [-0.1, -0.05) is 24.3 Å². The summed E-state index contributed by atoms with van der Waals surface area (Å²) in [5.41, 5.74) is 6.79. The van der Waals surface area contributed by atoms with Gasteiger partial charge < -0.3 is 9.47 Å². The predicted molar refractivity (Wildman–Crippen MR) is 113 cm³/mol. The average molecular weight is 368 g/mol. The molecule has 1 aliphatic heterocycles. The zero-order valence-corrected chi connectivity index (χ0v) is 16.5. The summed E-state index contributed by atoms with van der Waals surface area (Å²) in [6.07, 6.45) is 8.15. The third-order valence-electron chi connectivity index (χ3n) is 5.84. The monoisotopic (exact) mass is 368 g/mol. The minimum Gasteiger partial charge on any atom is -0.350 e. The largest absolute Gasteiger partial charge is 0.350 e. The predicted octanol–water partition coefficient (Wildman–Crippen LogP) is 4.50. The van der Waals surface area contributed by atoms with Gasteiger partial charge in [0.1, 0.15) is 11.8 Å². The van der Waals surface area contributed by atoms with Gasteiger partial charge in [-0.3, -0.25) is 0 Å². The molecule has 0 radical (unpaired) electrons. The third kappa shape index (κ3) is 3.02. The summed E-state index contributed by atoms with van der Waals surface area (Å²) in [6.45, 7) is 6.87. The number of aryl methyl sites for hydroxylation is 2. The number of terminal acetylenes is 1. The number of unbranched alkanes of at least 4 members (excludes halogenated alkanes) is 1. The first kappa shape index (κ1) is 18.1. The molecule has 0 saturated heterocycles. The van der Waals surface area contributed by atoms with Crippen molar-refractivity contribution in [3.63, 3.8) is 0 Å². The molecule has 0 saturated carbocycles. The number of benzene rings is 1. The Morgan fingerprint density at radius 3 is 2.75 bits per heavy atom. The van der Waals surface area contributed by atoms with Gasteiger partial charge in [0.2, 0.25) is 0 Å². The van der Waals surface area contributed by atoms with Gasteiger partial charge >= 0.3 is 0 Å². The topological polar surface area (TPSA) is 44.9 Å². The van der Waals surface area contributed by atoms with Crippen LogP contribution >= 0.6 is 0 Å². The van der Waals surface area contributed by atoms with Crippen molar-refractivity contribution < 1.29 is 0 Å². The minimum absolute atomic E-state index is 0.477. The Morgan fingerprint density at radius 1 is 1.21 bits per heavy atom. The quantitative estimate of drug-likeness (QED) is 0.503. The molecule has 0 bridgehead atoms. The molecule has 1 aliphatic rings. The molecule has 0 unspecified atom stereocenters. The number of aromatic nitrogens is 2. The highest BCUT2D eigenvalue weighted by Gasteiger charge is 2.23. The van der Waals surface area contributed by atoms with Crippen LogP contribution in [0, 0.1) is 37.5 Å². The van der Waals surface area contributed by atoms with Gasteiger partial charge in [-0.25, -0.2) is 4.98 Å². The second kappa shape index (κ2) is 7.41. The zero-order chi connectivity index (χ0) is 19.7. The lowest BCUT2D eigenvalue weighted by Crippen LogP contribution is -2.31. The zero-order valence-electron chi connectivity index (χ0n) is 16.5. The van der Waals surface area contributed by atoms with E-state index in [9.17, 15) is 5.26 Å². The Morgan fingerprint density at radius 2 is 2.00 bits per heavy atom. The molecule has 2 aromatic heterocycles. The third-order valence-corrected chi connectivity index (χ3v) is 5.84. The number of anilines is 1. The van der Waals surface area contributed by atoms with Crippen LogP contribution < -0.4 is 4.90 Å². The number of hydrogen-bond acceptors (Lipinski definition) is 3. The fourth-order valence-corrected chi connectivity index (χ4v) is 4.21. The Labute approximate surface area is 166 Å². The van der Waals surface area contributed by atoms with Gasteiger partial charge in [0.05, 0.1) is 5.52 Å². The number of fused-ring (bicyclic) bond motifs is 2. The fraction of sp³-hybridized carbons (Fsp3) is 0.333. The Kier molecular flexibility index (Phi) is 4.80. The van der Waals surface area contributed by atoms with E-state index in [1.165, 1.54) is 22.4 Å². The van der Waals surface area contributed by atoms with E-state index in [0.717, 1.165) is 55.6 Å². The number of nitriles is 1. The molecule has 3 aromatic rings. The van der Waals surface area contributed by atoms with E-state index in [2.05, 4.69) is 59.6 Å². The summed E-state index contributed by atoms with van der Waals surface area (Å²) in [4.78, 5) is 7.08. The molecule has 140 valence electrons. The molecule has 4 rings (SSSR count). The van der Waals surface area contributed by atoms with E-state index in [1.807, 2.05) is 6.07 Å². The number of nitrogens with zero attached hydrogens (tertiary/aromatic N) is 4. The molecular formula is C24H24N4. The van der Waals surface area contributed by atoms with E-state index < -0.39 is 0 Å². The molecule has 4 nitrogen and oxygen atoms in total. The van der Waals surface area contributed by atoms with Crippen LogP contribution in [0.3, 0.4) is 0 Å². The van der Waals surface area contributed by atoms with Gasteiger partial charge in [-0.15, -0.1) is 12.3 Å². The first-order valence-electron chi connectivity index (χ1n) is 9.79. The highest BCUT2D eigenvalue weighted by molar-refractivity contribution is 5.94. The highest BCUT2D eigenvalue weighted by atomic mass is 15.2. The van der Waals surface area contributed by atoms with Crippen LogP contribution in [0.15, 0.2) is 30.3 Å². The van der Waals surface area contributed by atoms with Gasteiger partial charge in [-0.2, -0.15) is 5.26 Å². The molecule has 0 fully saturated rings. The lowest BCUT2D eigenvalue weighted by atomic mass is 10.00. The average Bonchev–Trinajstić information content (AvgIpc) is 2.97. The summed E-state index contributed by atoms with van der Waals surface area (Å²) in [6, 6.07) is 12.8. The van der Waals surface area contributed by atoms with E-state index in [4.69, 9.17) is 11.4 Å². The van der Waals surface area contributed by atoms with Crippen molar-refractivity contribution in [2.75, 3.05) is 11.4 Å². The summed E-state index contributed by atoms with van der Waals surface area (Å²) < 4.78 is 2.34. The number of hydrogen-bond donors (Lipinski definition) is 0. The Hall–Kier alpha value is -3.24. The normalized spacial score (nSPS) is 13.2.